The predicted molar refractivity (Wildman–Crippen MR) is 121 cm³/mol. The maximum absolute atomic E-state index is 12.6. The lowest BCUT2D eigenvalue weighted by molar-refractivity contribution is -0.121. The molecular formula is C20H24BrN3O5S. The van der Waals surface area contributed by atoms with Gasteiger partial charge in [0.05, 0.1) is 31.9 Å². The van der Waals surface area contributed by atoms with Crippen LogP contribution < -0.4 is 19.2 Å². The molecule has 1 N–H and O–H groups in total. The van der Waals surface area contributed by atoms with Crippen molar-refractivity contribution in [3.05, 3.63) is 52.5 Å². The molecule has 0 fully saturated rings. The van der Waals surface area contributed by atoms with Crippen LogP contribution in [0, 0.1) is 0 Å². The van der Waals surface area contributed by atoms with E-state index < -0.39 is 22.0 Å². The van der Waals surface area contributed by atoms with Gasteiger partial charge in [0.25, 0.3) is 5.91 Å². The van der Waals surface area contributed by atoms with Crippen LogP contribution in [0.2, 0.25) is 0 Å². The number of halogens is 1. The zero-order valence-corrected chi connectivity index (χ0v) is 19.5. The summed E-state index contributed by atoms with van der Waals surface area (Å²) >= 11 is 3.36. The number of methoxy groups -OCH3 is 1. The molecule has 2 rings (SSSR count). The van der Waals surface area contributed by atoms with Crippen LogP contribution in [-0.4, -0.2) is 46.6 Å². The minimum Gasteiger partial charge on any atom is -0.496 e. The normalized spacial score (nSPS) is 12.4. The Bertz CT molecular complexity index is 1010. The number of nitrogens with zero attached hydrogens (tertiary/aromatic N) is 2. The minimum atomic E-state index is -3.73. The number of hydrazone groups is 1. The van der Waals surface area contributed by atoms with E-state index in [1.807, 2.05) is 13.0 Å². The van der Waals surface area contributed by atoms with Gasteiger partial charge in [0.15, 0.2) is 0 Å². The molecule has 0 aliphatic heterocycles. The third kappa shape index (κ3) is 6.20. The van der Waals surface area contributed by atoms with E-state index in [4.69, 9.17) is 9.47 Å². The van der Waals surface area contributed by atoms with Crippen molar-refractivity contribution in [1.82, 2.24) is 5.43 Å². The fraction of sp³-hybridized carbons (Fsp3) is 0.300. The monoisotopic (exact) mass is 497 g/mol. The van der Waals surface area contributed by atoms with Crippen LogP contribution in [0.25, 0.3) is 0 Å². The zero-order valence-electron chi connectivity index (χ0n) is 17.1. The molecule has 0 saturated carbocycles. The highest BCUT2D eigenvalue weighted by atomic mass is 79.9. The first kappa shape index (κ1) is 23.7. The number of amides is 1. The molecule has 10 heteroatoms. The summed E-state index contributed by atoms with van der Waals surface area (Å²) in [7, 11) is -2.20. The summed E-state index contributed by atoms with van der Waals surface area (Å²) < 4.78 is 37.2. The molecule has 8 nitrogen and oxygen atoms in total. The smallest absolute Gasteiger partial charge is 0.263 e. The number of sulfonamides is 1. The van der Waals surface area contributed by atoms with Gasteiger partial charge in [-0.25, -0.2) is 13.8 Å². The van der Waals surface area contributed by atoms with Gasteiger partial charge in [-0.05, 0) is 56.3 Å². The van der Waals surface area contributed by atoms with E-state index in [1.54, 1.807) is 36.4 Å². The lowest BCUT2D eigenvalue weighted by Gasteiger charge is -2.27. The summed E-state index contributed by atoms with van der Waals surface area (Å²) in [5, 5.41) is 3.94. The molecule has 0 bridgehead atoms. The number of rotatable bonds is 9. The van der Waals surface area contributed by atoms with Crippen molar-refractivity contribution in [1.29, 1.82) is 0 Å². The number of carbonyl (C=O) groups excluding carboxylic acids is 1. The standard InChI is InChI=1S/C20H24BrN3O5S/c1-5-29-18-9-7-17(8-10-18)24(30(4,26)27)14(2)20(25)23-22-13-15-12-16(21)6-11-19(15)28-3/h6-14H,5H2,1-4H3,(H,23,25). The highest BCUT2D eigenvalue weighted by molar-refractivity contribution is 9.10. The van der Waals surface area contributed by atoms with Gasteiger partial charge in [0.1, 0.15) is 17.5 Å². The van der Waals surface area contributed by atoms with Crippen LogP contribution in [0.1, 0.15) is 19.4 Å². The molecule has 0 radical (unpaired) electrons. The van der Waals surface area contributed by atoms with E-state index in [9.17, 15) is 13.2 Å². The Morgan fingerprint density at radius 2 is 1.93 bits per heavy atom. The predicted octanol–water partition coefficient (Wildman–Crippen LogP) is 3.16. The van der Waals surface area contributed by atoms with Crippen LogP contribution in [0.4, 0.5) is 5.69 Å². The number of ether oxygens (including phenoxy) is 2. The molecule has 0 aromatic heterocycles. The molecule has 2 aromatic carbocycles. The van der Waals surface area contributed by atoms with Crippen molar-refractivity contribution in [2.75, 3.05) is 24.3 Å². The molecule has 1 atom stereocenters. The lowest BCUT2D eigenvalue weighted by Crippen LogP contribution is -2.46. The third-order valence-electron chi connectivity index (χ3n) is 4.06. The summed E-state index contributed by atoms with van der Waals surface area (Å²) in [6.45, 7) is 3.84. The van der Waals surface area contributed by atoms with Crippen molar-refractivity contribution in [3.8, 4) is 11.5 Å². The zero-order chi connectivity index (χ0) is 22.3. The number of anilines is 1. The van der Waals surface area contributed by atoms with Gasteiger partial charge in [-0.3, -0.25) is 9.10 Å². The van der Waals surface area contributed by atoms with Gasteiger partial charge < -0.3 is 9.47 Å². The first-order valence-corrected chi connectivity index (χ1v) is 11.7. The Balaban J connectivity index is 2.19. The van der Waals surface area contributed by atoms with Gasteiger partial charge in [0, 0.05) is 10.0 Å². The van der Waals surface area contributed by atoms with Crippen LogP contribution in [0.5, 0.6) is 11.5 Å². The molecule has 0 heterocycles. The minimum absolute atomic E-state index is 0.348. The highest BCUT2D eigenvalue weighted by Crippen LogP contribution is 2.24. The topological polar surface area (TPSA) is 97.3 Å². The average Bonchev–Trinajstić information content (AvgIpc) is 2.68. The summed E-state index contributed by atoms with van der Waals surface area (Å²) in [6.07, 6.45) is 2.47. The van der Waals surface area contributed by atoms with Gasteiger partial charge in [-0.15, -0.1) is 0 Å². The second-order valence-corrected chi connectivity index (χ2v) is 9.06. The Kier molecular flexibility index (Phi) is 8.24. The number of hydrogen-bond donors (Lipinski definition) is 1. The second-order valence-electron chi connectivity index (χ2n) is 6.28. The van der Waals surface area contributed by atoms with E-state index in [-0.39, 0.29) is 0 Å². The Hall–Kier alpha value is -2.59. The van der Waals surface area contributed by atoms with Crippen molar-refractivity contribution < 1.29 is 22.7 Å². The Morgan fingerprint density at radius 3 is 2.50 bits per heavy atom. The quantitative estimate of drug-likeness (QED) is 0.423. The second kappa shape index (κ2) is 10.4. The van der Waals surface area contributed by atoms with E-state index in [1.165, 1.54) is 20.2 Å². The summed E-state index contributed by atoms with van der Waals surface area (Å²) in [6, 6.07) is 10.8. The Labute approximate surface area is 185 Å². The largest absolute Gasteiger partial charge is 0.496 e. The molecule has 0 spiro atoms. The number of hydrogen-bond acceptors (Lipinski definition) is 6. The number of carbonyl (C=O) groups is 1. The van der Waals surface area contributed by atoms with Gasteiger partial charge in [-0.2, -0.15) is 5.10 Å². The van der Waals surface area contributed by atoms with Crippen LogP contribution >= 0.6 is 15.9 Å². The van der Waals surface area contributed by atoms with Crippen LogP contribution in [-0.2, 0) is 14.8 Å². The number of nitrogens with one attached hydrogen (secondary N) is 1. The molecule has 0 saturated heterocycles. The maximum Gasteiger partial charge on any atom is 0.263 e. The average molecular weight is 498 g/mol. The van der Waals surface area contributed by atoms with E-state index in [0.29, 0.717) is 29.4 Å². The van der Waals surface area contributed by atoms with Crippen molar-refractivity contribution >= 4 is 43.8 Å². The molecule has 30 heavy (non-hydrogen) atoms. The van der Waals surface area contributed by atoms with Gasteiger partial charge >= 0.3 is 0 Å². The molecule has 162 valence electrons. The van der Waals surface area contributed by atoms with Crippen LogP contribution in [0.3, 0.4) is 0 Å². The first-order chi connectivity index (χ1) is 14.2. The summed E-state index contributed by atoms with van der Waals surface area (Å²) in [5.74, 6) is 0.607. The van der Waals surface area contributed by atoms with Gasteiger partial charge in [-0.1, -0.05) is 15.9 Å². The molecular weight excluding hydrogens is 474 g/mol. The molecule has 1 amide bonds. The SMILES string of the molecule is CCOc1ccc(N(C(C)C(=O)NN=Cc2cc(Br)ccc2OC)S(C)(=O)=O)cc1. The third-order valence-corrected chi connectivity index (χ3v) is 5.80. The fourth-order valence-corrected chi connectivity index (χ4v) is 4.28. The summed E-state index contributed by atoms with van der Waals surface area (Å²) in [5.41, 5.74) is 3.38. The van der Waals surface area contributed by atoms with E-state index in [0.717, 1.165) is 15.0 Å². The highest BCUT2D eigenvalue weighted by Gasteiger charge is 2.29. The van der Waals surface area contributed by atoms with Crippen molar-refractivity contribution in [2.45, 2.75) is 19.9 Å². The molecule has 0 aliphatic carbocycles. The van der Waals surface area contributed by atoms with E-state index >= 15 is 0 Å². The maximum atomic E-state index is 12.6. The fourth-order valence-electron chi connectivity index (χ4n) is 2.73. The number of benzene rings is 2. The lowest BCUT2D eigenvalue weighted by atomic mass is 10.2. The van der Waals surface area contributed by atoms with Crippen molar-refractivity contribution in [2.24, 2.45) is 5.10 Å². The Morgan fingerprint density at radius 1 is 1.27 bits per heavy atom. The summed E-state index contributed by atoms with van der Waals surface area (Å²) in [4.78, 5) is 12.6. The molecule has 0 aliphatic rings. The first-order valence-electron chi connectivity index (χ1n) is 9.06. The molecule has 1 unspecified atom stereocenters. The van der Waals surface area contributed by atoms with Crippen molar-refractivity contribution in [3.63, 3.8) is 0 Å². The van der Waals surface area contributed by atoms with Crippen LogP contribution in [0.15, 0.2) is 52.0 Å². The van der Waals surface area contributed by atoms with Gasteiger partial charge in [0.2, 0.25) is 10.0 Å². The molecule has 2 aromatic rings. The van der Waals surface area contributed by atoms with E-state index in [2.05, 4.69) is 26.5 Å².